The minimum Gasteiger partial charge on any atom is -0.410 e. The average Bonchev–Trinajstić information content (AvgIpc) is 2.68. The van der Waals surface area contributed by atoms with Gasteiger partial charge in [0.15, 0.2) is 0 Å². The first-order valence-electron chi connectivity index (χ1n) is 8.90. The number of benzene rings is 3. The molecule has 1 aliphatic rings. The first kappa shape index (κ1) is 16.6. The molecule has 3 aromatic rings. The molecule has 3 aromatic carbocycles. The summed E-state index contributed by atoms with van der Waals surface area (Å²) in [6, 6.07) is 20.3. The summed E-state index contributed by atoms with van der Waals surface area (Å²) in [4.78, 5) is 14.2. The van der Waals surface area contributed by atoms with E-state index in [-0.39, 0.29) is 11.9 Å². The summed E-state index contributed by atoms with van der Waals surface area (Å²) in [5, 5.41) is 2.17. The Labute approximate surface area is 152 Å². The molecule has 1 heterocycles. The summed E-state index contributed by atoms with van der Waals surface area (Å²) in [5.41, 5.74) is 1.13. The van der Waals surface area contributed by atoms with Crippen LogP contribution in [0, 0.1) is 5.82 Å². The number of fused-ring (bicyclic) bond motifs is 1. The van der Waals surface area contributed by atoms with Gasteiger partial charge in [0.05, 0.1) is 0 Å². The second-order valence-electron chi connectivity index (χ2n) is 6.69. The third-order valence-electron chi connectivity index (χ3n) is 5.02. The maximum Gasteiger partial charge on any atom is 0.415 e. The fraction of sp³-hybridized carbons (Fsp3) is 0.227. The lowest BCUT2D eigenvalue weighted by molar-refractivity contribution is 0.139. The SMILES string of the molecule is O=C(Oc1ccc2ccccc2c1)N1CCC(c2ccc(F)cc2)CC1. The smallest absolute Gasteiger partial charge is 0.410 e. The van der Waals surface area contributed by atoms with Crippen LogP contribution in [0.2, 0.25) is 0 Å². The zero-order valence-corrected chi connectivity index (χ0v) is 14.4. The zero-order chi connectivity index (χ0) is 17.9. The quantitative estimate of drug-likeness (QED) is 0.623. The highest BCUT2D eigenvalue weighted by Gasteiger charge is 2.25. The van der Waals surface area contributed by atoms with Crippen LogP contribution in [0.25, 0.3) is 10.8 Å². The van der Waals surface area contributed by atoms with Crippen LogP contribution < -0.4 is 4.74 Å². The van der Waals surface area contributed by atoms with Gasteiger partial charge in [0.1, 0.15) is 11.6 Å². The first-order chi connectivity index (χ1) is 12.7. The normalized spacial score (nSPS) is 15.2. The number of ether oxygens (including phenoxy) is 1. The van der Waals surface area contributed by atoms with Gasteiger partial charge in [-0.15, -0.1) is 0 Å². The van der Waals surface area contributed by atoms with Gasteiger partial charge in [-0.25, -0.2) is 9.18 Å². The van der Waals surface area contributed by atoms with Crippen molar-refractivity contribution >= 4 is 16.9 Å². The van der Waals surface area contributed by atoms with Crippen molar-refractivity contribution in [3.05, 3.63) is 78.1 Å². The van der Waals surface area contributed by atoms with Gasteiger partial charge in [-0.05, 0) is 59.4 Å². The Balaban J connectivity index is 1.37. The Morgan fingerprint density at radius 3 is 2.35 bits per heavy atom. The van der Waals surface area contributed by atoms with E-state index in [0.29, 0.717) is 24.8 Å². The van der Waals surface area contributed by atoms with Crippen LogP contribution in [0.3, 0.4) is 0 Å². The lowest BCUT2D eigenvalue weighted by atomic mass is 9.89. The molecule has 0 atom stereocenters. The summed E-state index contributed by atoms with van der Waals surface area (Å²) in [5.74, 6) is 0.708. The highest BCUT2D eigenvalue weighted by Crippen LogP contribution is 2.29. The summed E-state index contributed by atoms with van der Waals surface area (Å²) in [6.45, 7) is 1.29. The third kappa shape index (κ3) is 3.54. The Kier molecular flexibility index (Phi) is 4.57. The molecule has 0 bridgehead atoms. The molecular formula is C22H20FNO2. The van der Waals surface area contributed by atoms with Crippen molar-refractivity contribution in [2.24, 2.45) is 0 Å². The lowest BCUT2D eigenvalue weighted by Crippen LogP contribution is -2.39. The molecule has 0 aromatic heterocycles. The largest absolute Gasteiger partial charge is 0.415 e. The standard InChI is InChI=1S/C22H20FNO2/c23-20-8-5-17(6-9-20)18-11-13-24(14-12-18)22(25)26-21-10-7-16-3-1-2-4-19(16)15-21/h1-10,15,18H,11-14H2. The van der Waals surface area contributed by atoms with Crippen molar-refractivity contribution in [1.29, 1.82) is 0 Å². The number of amides is 1. The number of carbonyl (C=O) groups excluding carboxylic acids is 1. The van der Waals surface area contributed by atoms with Crippen molar-refractivity contribution in [3.63, 3.8) is 0 Å². The predicted molar refractivity (Wildman–Crippen MR) is 99.9 cm³/mol. The van der Waals surface area contributed by atoms with Crippen LogP contribution in [0.5, 0.6) is 5.75 Å². The molecule has 0 N–H and O–H groups in total. The molecular weight excluding hydrogens is 329 g/mol. The highest BCUT2D eigenvalue weighted by atomic mass is 19.1. The number of hydrogen-bond acceptors (Lipinski definition) is 2. The fourth-order valence-corrected chi connectivity index (χ4v) is 3.53. The molecule has 132 valence electrons. The summed E-state index contributed by atoms with van der Waals surface area (Å²) >= 11 is 0. The molecule has 0 aliphatic carbocycles. The summed E-state index contributed by atoms with van der Waals surface area (Å²) in [6.07, 6.45) is 1.41. The third-order valence-corrected chi connectivity index (χ3v) is 5.02. The second-order valence-corrected chi connectivity index (χ2v) is 6.69. The van der Waals surface area contributed by atoms with E-state index in [1.54, 1.807) is 4.90 Å². The van der Waals surface area contributed by atoms with E-state index >= 15 is 0 Å². The van der Waals surface area contributed by atoms with E-state index in [1.807, 2.05) is 54.6 Å². The van der Waals surface area contributed by atoms with Crippen molar-refractivity contribution in [1.82, 2.24) is 4.90 Å². The van der Waals surface area contributed by atoms with Gasteiger partial charge in [0, 0.05) is 13.1 Å². The molecule has 0 saturated carbocycles. The zero-order valence-electron chi connectivity index (χ0n) is 14.4. The molecule has 0 radical (unpaired) electrons. The van der Waals surface area contributed by atoms with E-state index in [0.717, 1.165) is 29.2 Å². The molecule has 4 heteroatoms. The average molecular weight is 349 g/mol. The predicted octanol–water partition coefficient (Wildman–Crippen LogP) is 5.36. The lowest BCUT2D eigenvalue weighted by Gasteiger charge is -2.31. The van der Waals surface area contributed by atoms with Crippen LogP contribution in [0.1, 0.15) is 24.3 Å². The molecule has 4 rings (SSSR count). The van der Waals surface area contributed by atoms with Crippen LogP contribution >= 0.6 is 0 Å². The highest BCUT2D eigenvalue weighted by molar-refractivity contribution is 5.84. The van der Waals surface area contributed by atoms with Crippen LogP contribution in [0.4, 0.5) is 9.18 Å². The first-order valence-corrected chi connectivity index (χ1v) is 8.90. The van der Waals surface area contributed by atoms with E-state index < -0.39 is 0 Å². The second kappa shape index (κ2) is 7.16. The number of hydrogen-bond donors (Lipinski definition) is 0. The van der Waals surface area contributed by atoms with Gasteiger partial charge in [0.2, 0.25) is 0 Å². The molecule has 1 saturated heterocycles. The van der Waals surface area contributed by atoms with Crippen LogP contribution in [-0.2, 0) is 0 Å². The van der Waals surface area contributed by atoms with Gasteiger partial charge in [-0.2, -0.15) is 0 Å². The Morgan fingerprint density at radius 2 is 1.62 bits per heavy atom. The number of carbonyl (C=O) groups is 1. The molecule has 1 fully saturated rings. The van der Waals surface area contributed by atoms with Gasteiger partial charge in [-0.3, -0.25) is 0 Å². The molecule has 0 unspecified atom stereocenters. The topological polar surface area (TPSA) is 29.5 Å². The molecule has 3 nitrogen and oxygen atoms in total. The van der Waals surface area contributed by atoms with Gasteiger partial charge in [-0.1, -0.05) is 42.5 Å². The molecule has 1 aliphatic heterocycles. The van der Waals surface area contributed by atoms with Crippen LogP contribution in [-0.4, -0.2) is 24.1 Å². The minimum atomic E-state index is -0.308. The number of halogens is 1. The monoisotopic (exact) mass is 349 g/mol. The van der Waals surface area contributed by atoms with Gasteiger partial charge in [0.25, 0.3) is 0 Å². The van der Waals surface area contributed by atoms with Crippen LogP contribution in [0.15, 0.2) is 66.7 Å². The van der Waals surface area contributed by atoms with E-state index in [1.165, 1.54) is 12.1 Å². The van der Waals surface area contributed by atoms with Crippen molar-refractivity contribution in [3.8, 4) is 5.75 Å². The maximum atomic E-state index is 13.1. The number of nitrogens with zero attached hydrogens (tertiary/aromatic N) is 1. The maximum absolute atomic E-state index is 13.1. The Hall–Kier alpha value is -2.88. The minimum absolute atomic E-state index is 0.217. The number of likely N-dealkylation sites (tertiary alicyclic amines) is 1. The summed E-state index contributed by atoms with van der Waals surface area (Å²) < 4.78 is 18.6. The van der Waals surface area contributed by atoms with Crippen molar-refractivity contribution < 1.29 is 13.9 Å². The summed E-state index contributed by atoms with van der Waals surface area (Å²) in [7, 11) is 0. The van der Waals surface area contributed by atoms with E-state index in [2.05, 4.69) is 0 Å². The Morgan fingerprint density at radius 1 is 0.923 bits per heavy atom. The van der Waals surface area contributed by atoms with Crippen molar-refractivity contribution in [2.45, 2.75) is 18.8 Å². The van der Waals surface area contributed by atoms with E-state index in [9.17, 15) is 9.18 Å². The van der Waals surface area contributed by atoms with Gasteiger partial charge >= 0.3 is 6.09 Å². The van der Waals surface area contributed by atoms with Gasteiger partial charge < -0.3 is 9.64 Å². The Bertz CT molecular complexity index is 915. The molecule has 0 spiro atoms. The van der Waals surface area contributed by atoms with E-state index in [4.69, 9.17) is 4.74 Å². The molecule has 26 heavy (non-hydrogen) atoms. The van der Waals surface area contributed by atoms with Crippen molar-refractivity contribution in [2.75, 3.05) is 13.1 Å². The molecule has 1 amide bonds. The number of rotatable bonds is 2. The fourth-order valence-electron chi connectivity index (χ4n) is 3.53. The number of piperidine rings is 1.